The van der Waals surface area contributed by atoms with E-state index in [1.807, 2.05) is 39.8 Å². The molecule has 0 amide bonds. The Labute approximate surface area is 140 Å². The van der Waals surface area contributed by atoms with Crippen LogP contribution in [0.15, 0.2) is 18.2 Å². The molecule has 0 aliphatic heterocycles. The summed E-state index contributed by atoms with van der Waals surface area (Å²) in [6.07, 6.45) is 0.943. The molecule has 1 aromatic rings. The summed E-state index contributed by atoms with van der Waals surface area (Å²) in [5.41, 5.74) is 1.92. The molecule has 0 aliphatic rings. The van der Waals surface area contributed by atoms with Crippen molar-refractivity contribution >= 4 is 31.2 Å². The van der Waals surface area contributed by atoms with Crippen molar-refractivity contribution in [1.82, 2.24) is 5.32 Å². The molecule has 0 saturated carbocycles. The average molecular weight is 338 g/mol. The van der Waals surface area contributed by atoms with Crippen LogP contribution in [-0.2, 0) is 4.74 Å². The number of aryl methyl sites for hydroxylation is 1. The lowest BCUT2D eigenvalue weighted by Gasteiger charge is -2.21. The lowest BCUT2D eigenvalue weighted by molar-refractivity contribution is 0.00688. The van der Waals surface area contributed by atoms with Crippen LogP contribution in [0.25, 0.3) is 0 Å². The molecule has 1 N–H and O–H groups in total. The maximum absolute atomic E-state index is 12.2. The minimum Gasteiger partial charge on any atom is -0.456 e. The van der Waals surface area contributed by atoms with Gasteiger partial charge in [-0.2, -0.15) is 0 Å². The molecule has 0 saturated heterocycles. The number of hydrogen-bond acceptors (Lipinski definition) is 3. The Kier molecular flexibility index (Phi) is 5.93. The number of benzene rings is 1. The van der Waals surface area contributed by atoms with Gasteiger partial charge in [-0.15, -0.1) is 0 Å². The Morgan fingerprint density at radius 2 is 1.86 bits per heavy atom. The van der Waals surface area contributed by atoms with E-state index in [4.69, 9.17) is 17.0 Å². The highest BCUT2D eigenvalue weighted by atomic mass is 32.1. The van der Waals surface area contributed by atoms with E-state index in [0.717, 1.165) is 22.3 Å². The average Bonchev–Trinajstić information content (AvgIpc) is 2.32. The van der Waals surface area contributed by atoms with Gasteiger partial charge in [0.05, 0.1) is 13.6 Å². The number of nitrogens with one attached hydrogen (secondary N) is 1. The van der Waals surface area contributed by atoms with Crippen molar-refractivity contribution in [2.24, 2.45) is 0 Å². The molecule has 0 fully saturated rings. The smallest absolute Gasteiger partial charge is 0.338 e. The van der Waals surface area contributed by atoms with Crippen molar-refractivity contribution in [3.63, 3.8) is 0 Å². The summed E-state index contributed by atoms with van der Waals surface area (Å²) in [5, 5.41) is 3.33. The fourth-order valence-electron chi connectivity index (χ4n) is 1.81. The number of carbonyl (C=O) groups is 1. The number of thiocarbonyl (C=S) groups is 1. The van der Waals surface area contributed by atoms with Crippen LogP contribution in [0, 0.1) is 6.92 Å². The molecule has 1 rings (SSSR count). The lowest BCUT2D eigenvalue weighted by atomic mass is 10.0. The first-order valence-electron chi connectivity index (χ1n) is 7.51. The van der Waals surface area contributed by atoms with Crippen molar-refractivity contribution in [1.29, 1.82) is 0 Å². The molecule has 0 aromatic heterocycles. The molecule has 0 radical (unpaired) electrons. The van der Waals surface area contributed by atoms with Crippen molar-refractivity contribution < 1.29 is 9.53 Å². The number of carbonyl (C=O) groups excluding carboxylic acids is 1. The van der Waals surface area contributed by atoms with E-state index in [0.29, 0.717) is 5.56 Å². The topological polar surface area (TPSA) is 38.3 Å². The van der Waals surface area contributed by atoms with Gasteiger partial charge in [0, 0.05) is 11.7 Å². The second-order valence-corrected chi connectivity index (χ2v) is 13.7. The van der Waals surface area contributed by atoms with Crippen LogP contribution in [-0.4, -0.2) is 30.8 Å². The van der Waals surface area contributed by atoms with Gasteiger partial charge >= 0.3 is 5.97 Å². The lowest BCUT2D eigenvalue weighted by Crippen LogP contribution is -2.39. The number of ether oxygens (including phenoxy) is 1. The Hall–Kier alpha value is -1.20. The number of hydrogen-bond donors (Lipinski definition) is 1. The third-order valence-electron chi connectivity index (χ3n) is 2.89. The normalized spacial score (nSPS) is 12.0. The van der Waals surface area contributed by atoms with E-state index in [9.17, 15) is 4.79 Å². The molecule has 22 heavy (non-hydrogen) atoms. The molecule has 0 heterocycles. The first kappa shape index (κ1) is 18.8. The van der Waals surface area contributed by atoms with Crippen molar-refractivity contribution in [3.8, 4) is 0 Å². The highest BCUT2D eigenvalue weighted by molar-refractivity contribution is 7.80. The molecule has 0 spiro atoms. The Balaban J connectivity index is 2.85. The van der Waals surface area contributed by atoms with E-state index in [-0.39, 0.29) is 5.97 Å². The highest BCUT2D eigenvalue weighted by Gasteiger charge is 2.20. The van der Waals surface area contributed by atoms with Crippen LogP contribution >= 0.6 is 12.2 Å². The van der Waals surface area contributed by atoms with Gasteiger partial charge in [0.1, 0.15) is 10.6 Å². The summed E-state index contributed by atoms with van der Waals surface area (Å²) in [6, 6.07) is 5.62. The second kappa shape index (κ2) is 6.92. The molecule has 5 heteroatoms. The van der Waals surface area contributed by atoms with Crippen LogP contribution in [0.5, 0.6) is 0 Å². The van der Waals surface area contributed by atoms with Crippen LogP contribution in [0.4, 0.5) is 0 Å². The molecule has 3 nitrogen and oxygen atoms in total. The van der Waals surface area contributed by atoms with Crippen LogP contribution in [0.2, 0.25) is 19.6 Å². The summed E-state index contributed by atoms with van der Waals surface area (Å²) < 4.78 is 5.42. The van der Waals surface area contributed by atoms with Crippen molar-refractivity contribution in [3.05, 3.63) is 34.9 Å². The maximum atomic E-state index is 12.2. The summed E-state index contributed by atoms with van der Waals surface area (Å²) >= 11 is 5.44. The quantitative estimate of drug-likeness (QED) is 0.510. The van der Waals surface area contributed by atoms with Gasteiger partial charge in [-0.1, -0.05) is 37.9 Å². The molecule has 0 bridgehead atoms. The number of rotatable bonds is 4. The van der Waals surface area contributed by atoms with Gasteiger partial charge < -0.3 is 10.1 Å². The SMILES string of the molecule is Cc1cc(C(=S)NC[Si](C)(C)C)ccc1C(=O)OC(C)(C)C. The van der Waals surface area contributed by atoms with E-state index >= 15 is 0 Å². The van der Waals surface area contributed by atoms with Crippen molar-refractivity contribution in [2.45, 2.75) is 52.9 Å². The van der Waals surface area contributed by atoms with E-state index in [1.165, 1.54) is 0 Å². The fourth-order valence-corrected chi connectivity index (χ4v) is 2.85. The Bertz CT molecular complexity index is 571. The zero-order valence-corrected chi connectivity index (χ0v) is 16.5. The molecular weight excluding hydrogens is 310 g/mol. The minimum atomic E-state index is -1.19. The summed E-state index contributed by atoms with van der Waals surface area (Å²) in [5.74, 6) is -0.294. The second-order valence-electron chi connectivity index (χ2n) is 7.77. The fraction of sp³-hybridized carbons (Fsp3) is 0.529. The first-order chi connectivity index (χ1) is 9.89. The highest BCUT2D eigenvalue weighted by Crippen LogP contribution is 2.17. The van der Waals surface area contributed by atoms with Gasteiger partial charge in [0.15, 0.2) is 0 Å². The molecule has 122 valence electrons. The largest absolute Gasteiger partial charge is 0.456 e. The molecule has 1 aromatic carbocycles. The summed E-state index contributed by atoms with van der Waals surface area (Å²) in [6.45, 7) is 14.4. The molecule has 0 atom stereocenters. The maximum Gasteiger partial charge on any atom is 0.338 e. The predicted molar refractivity (Wildman–Crippen MR) is 99.4 cm³/mol. The third-order valence-corrected chi connectivity index (χ3v) is 4.50. The van der Waals surface area contributed by atoms with Crippen molar-refractivity contribution in [2.75, 3.05) is 6.17 Å². The zero-order valence-electron chi connectivity index (χ0n) is 14.7. The standard InChI is InChI=1S/C17H27NO2SSi/c1-12-10-13(15(21)18-11-22(5,6)7)8-9-14(12)16(19)20-17(2,3)4/h8-10H,11H2,1-7H3,(H,18,21). The van der Waals surface area contributed by atoms with Gasteiger partial charge in [0.25, 0.3) is 0 Å². The van der Waals surface area contributed by atoms with Gasteiger partial charge in [-0.3, -0.25) is 0 Å². The zero-order chi connectivity index (χ0) is 17.1. The van der Waals surface area contributed by atoms with Crippen LogP contribution in [0.3, 0.4) is 0 Å². The van der Waals surface area contributed by atoms with E-state index in [1.54, 1.807) is 6.07 Å². The first-order valence-corrected chi connectivity index (χ1v) is 11.6. The van der Waals surface area contributed by atoms with Crippen LogP contribution in [0.1, 0.15) is 42.3 Å². The van der Waals surface area contributed by atoms with E-state index < -0.39 is 13.7 Å². The molecular formula is C17H27NO2SSi. The van der Waals surface area contributed by atoms with Gasteiger partial charge in [-0.05, 0) is 45.4 Å². The molecule has 0 unspecified atom stereocenters. The Morgan fingerprint density at radius 1 is 1.27 bits per heavy atom. The molecule has 0 aliphatic carbocycles. The number of esters is 1. The minimum absolute atomic E-state index is 0.294. The summed E-state index contributed by atoms with van der Waals surface area (Å²) in [7, 11) is -1.19. The predicted octanol–water partition coefficient (Wildman–Crippen LogP) is 4.09. The third kappa shape index (κ3) is 6.28. The van der Waals surface area contributed by atoms with E-state index in [2.05, 4.69) is 25.0 Å². The monoisotopic (exact) mass is 337 g/mol. The van der Waals surface area contributed by atoms with Gasteiger partial charge in [-0.25, -0.2) is 4.79 Å². The van der Waals surface area contributed by atoms with Crippen LogP contribution < -0.4 is 5.32 Å². The van der Waals surface area contributed by atoms with Gasteiger partial charge in [0.2, 0.25) is 0 Å². The Morgan fingerprint density at radius 3 is 2.32 bits per heavy atom. The summed E-state index contributed by atoms with van der Waals surface area (Å²) in [4.78, 5) is 12.9.